The Hall–Kier alpha value is -2.68. The molecular formula is C17H18F3N5O. The molecule has 6 nitrogen and oxygen atoms in total. The van der Waals surface area contributed by atoms with Gasteiger partial charge in [-0.3, -0.25) is 4.79 Å². The van der Waals surface area contributed by atoms with Crippen molar-refractivity contribution >= 4 is 17.4 Å². The van der Waals surface area contributed by atoms with Gasteiger partial charge >= 0.3 is 0 Å². The second-order valence-corrected chi connectivity index (χ2v) is 5.88. The predicted octanol–water partition coefficient (Wildman–Crippen LogP) is 2.42. The maximum Gasteiger partial charge on any atom is 0.274 e. The summed E-state index contributed by atoms with van der Waals surface area (Å²) >= 11 is 0. The van der Waals surface area contributed by atoms with Crippen molar-refractivity contribution < 1.29 is 18.0 Å². The number of carbonyl (C=O) groups is 1. The lowest BCUT2D eigenvalue weighted by molar-refractivity contribution is 0.0636. The Morgan fingerprint density at radius 3 is 2.38 bits per heavy atom. The Morgan fingerprint density at radius 1 is 1.04 bits per heavy atom. The second kappa shape index (κ2) is 7.69. The third-order valence-corrected chi connectivity index (χ3v) is 4.29. The number of likely N-dealkylation sites (N-methyl/N-ethyl adjacent to an activating group) is 1. The summed E-state index contributed by atoms with van der Waals surface area (Å²) < 4.78 is 39.9. The fourth-order valence-corrected chi connectivity index (χ4v) is 2.70. The average molecular weight is 365 g/mol. The number of anilines is 2. The Kier molecular flexibility index (Phi) is 5.36. The summed E-state index contributed by atoms with van der Waals surface area (Å²) in [6.45, 7) is 5.88. The van der Waals surface area contributed by atoms with Gasteiger partial charge in [-0.2, -0.15) is 0 Å². The Bertz CT molecular complexity index is 792. The summed E-state index contributed by atoms with van der Waals surface area (Å²) in [4.78, 5) is 16.4. The molecule has 1 amide bonds. The van der Waals surface area contributed by atoms with Crippen LogP contribution in [0.25, 0.3) is 0 Å². The molecular weight excluding hydrogens is 347 g/mol. The van der Waals surface area contributed by atoms with E-state index < -0.39 is 17.5 Å². The van der Waals surface area contributed by atoms with E-state index in [-0.39, 0.29) is 23.1 Å². The highest BCUT2D eigenvalue weighted by atomic mass is 19.2. The summed E-state index contributed by atoms with van der Waals surface area (Å²) in [5.74, 6) is -4.30. The summed E-state index contributed by atoms with van der Waals surface area (Å²) in [5, 5.41) is 10.2. The van der Waals surface area contributed by atoms with Crippen molar-refractivity contribution in [3.05, 3.63) is 47.4 Å². The van der Waals surface area contributed by atoms with Gasteiger partial charge in [-0.1, -0.05) is 6.92 Å². The quantitative estimate of drug-likeness (QED) is 0.844. The highest BCUT2D eigenvalue weighted by Crippen LogP contribution is 2.22. The molecule has 0 unspecified atom stereocenters. The minimum atomic E-state index is -1.57. The van der Waals surface area contributed by atoms with Crippen LogP contribution in [0.5, 0.6) is 0 Å². The van der Waals surface area contributed by atoms with Gasteiger partial charge in [0.05, 0.1) is 5.69 Å². The summed E-state index contributed by atoms with van der Waals surface area (Å²) in [6, 6.07) is 4.76. The number of piperazine rings is 1. The lowest BCUT2D eigenvalue weighted by Crippen LogP contribution is -2.48. The number of rotatable bonds is 4. The molecule has 1 fully saturated rings. The Morgan fingerprint density at radius 2 is 1.77 bits per heavy atom. The first-order valence-corrected chi connectivity index (χ1v) is 8.25. The fourth-order valence-electron chi connectivity index (χ4n) is 2.70. The van der Waals surface area contributed by atoms with Crippen molar-refractivity contribution in [2.24, 2.45) is 0 Å². The minimum Gasteiger partial charge on any atom is -0.336 e. The maximum absolute atomic E-state index is 13.7. The third-order valence-electron chi connectivity index (χ3n) is 4.29. The van der Waals surface area contributed by atoms with E-state index >= 15 is 0 Å². The molecule has 3 rings (SSSR count). The molecule has 1 N–H and O–H groups in total. The van der Waals surface area contributed by atoms with E-state index in [4.69, 9.17) is 0 Å². The molecule has 1 aliphatic rings. The molecule has 0 atom stereocenters. The van der Waals surface area contributed by atoms with Crippen molar-refractivity contribution in [1.29, 1.82) is 0 Å². The zero-order valence-corrected chi connectivity index (χ0v) is 14.2. The molecule has 2 aromatic rings. The minimum absolute atomic E-state index is 0.113. The van der Waals surface area contributed by atoms with Crippen LogP contribution in [0.4, 0.5) is 24.7 Å². The van der Waals surface area contributed by atoms with Gasteiger partial charge in [0.15, 0.2) is 29.0 Å². The van der Waals surface area contributed by atoms with E-state index in [1.165, 1.54) is 12.1 Å². The summed E-state index contributed by atoms with van der Waals surface area (Å²) in [7, 11) is 0. The van der Waals surface area contributed by atoms with Gasteiger partial charge in [0, 0.05) is 26.2 Å². The molecule has 0 aliphatic carbocycles. The van der Waals surface area contributed by atoms with Crippen molar-refractivity contribution in [1.82, 2.24) is 20.0 Å². The molecule has 1 aromatic heterocycles. The van der Waals surface area contributed by atoms with Crippen LogP contribution >= 0.6 is 0 Å². The number of aromatic nitrogens is 2. The number of nitrogens with one attached hydrogen (secondary N) is 1. The van der Waals surface area contributed by atoms with E-state index in [9.17, 15) is 18.0 Å². The molecule has 138 valence electrons. The van der Waals surface area contributed by atoms with Gasteiger partial charge < -0.3 is 15.1 Å². The van der Waals surface area contributed by atoms with E-state index in [0.717, 1.165) is 31.8 Å². The van der Waals surface area contributed by atoms with Crippen LogP contribution in [0.2, 0.25) is 0 Å². The van der Waals surface area contributed by atoms with Crippen LogP contribution in [0.3, 0.4) is 0 Å². The van der Waals surface area contributed by atoms with E-state index in [2.05, 4.69) is 27.3 Å². The van der Waals surface area contributed by atoms with Gasteiger partial charge in [0.2, 0.25) is 0 Å². The molecule has 1 saturated heterocycles. The van der Waals surface area contributed by atoms with Crippen molar-refractivity contribution in [2.75, 3.05) is 38.0 Å². The number of hydrogen-bond acceptors (Lipinski definition) is 5. The van der Waals surface area contributed by atoms with Crippen molar-refractivity contribution in [2.45, 2.75) is 6.92 Å². The smallest absolute Gasteiger partial charge is 0.274 e. The number of amides is 1. The Labute approximate surface area is 148 Å². The number of nitrogens with zero attached hydrogens (tertiary/aromatic N) is 4. The van der Waals surface area contributed by atoms with Gasteiger partial charge in [-0.25, -0.2) is 13.2 Å². The highest BCUT2D eigenvalue weighted by molar-refractivity contribution is 5.92. The Balaban J connectivity index is 1.67. The van der Waals surface area contributed by atoms with Gasteiger partial charge in [0.25, 0.3) is 5.91 Å². The van der Waals surface area contributed by atoms with Crippen LogP contribution in [0.15, 0.2) is 24.3 Å². The highest BCUT2D eigenvalue weighted by Gasteiger charge is 2.22. The molecule has 0 spiro atoms. The second-order valence-electron chi connectivity index (χ2n) is 5.88. The average Bonchev–Trinajstić information content (AvgIpc) is 2.68. The van der Waals surface area contributed by atoms with Gasteiger partial charge in [-0.15, -0.1) is 10.2 Å². The summed E-state index contributed by atoms with van der Waals surface area (Å²) in [5.41, 5.74) is -0.0979. The first-order chi connectivity index (χ1) is 12.5. The zero-order chi connectivity index (χ0) is 18.7. The maximum atomic E-state index is 13.7. The normalized spacial score (nSPS) is 15.2. The first kappa shape index (κ1) is 18.1. The predicted molar refractivity (Wildman–Crippen MR) is 89.6 cm³/mol. The molecule has 1 aliphatic heterocycles. The van der Waals surface area contributed by atoms with Crippen molar-refractivity contribution in [3.63, 3.8) is 0 Å². The van der Waals surface area contributed by atoms with Crippen LogP contribution < -0.4 is 5.32 Å². The number of carbonyl (C=O) groups excluding carboxylic acids is 1. The standard InChI is InChI=1S/C17H18F3N5O/c1-2-24-7-9-25(10-8-24)17(26)13-5-6-14(23-22-13)21-12-4-3-11(18)15(19)16(12)20/h3-6H,2,7-10H2,1H3,(H,21,23). The number of benzene rings is 1. The third kappa shape index (κ3) is 3.77. The van der Waals surface area contributed by atoms with E-state index in [0.29, 0.717) is 13.1 Å². The van der Waals surface area contributed by atoms with Gasteiger partial charge in [-0.05, 0) is 30.8 Å². The van der Waals surface area contributed by atoms with Crippen LogP contribution in [-0.4, -0.2) is 58.6 Å². The molecule has 2 heterocycles. The van der Waals surface area contributed by atoms with Crippen LogP contribution in [-0.2, 0) is 0 Å². The van der Waals surface area contributed by atoms with Crippen molar-refractivity contribution in [3.8, 4) is 0 Å². The fraction of sp³-hybridized carbons (Fsp3) is 0.353. The van der Waals surface area contributed by atoms with E-state index in [1.54, 1.807) is 4.90 Å². The molecule has 9 heteroatoms. The molecule has 0 saturated carbocycles. The zero-order valence-electron chi connectivity index (χ0n) is 14.2. The van der Waals surface area contributed by atoms with E-state index in [1.807, 2.05) is 0 Å². The molecule has 0 bridgehead atoms. The van der Waals surface area contributed by atoms with Gasteiger partial charge in [0.1, 0.15) is 0 Å². The number of hydrogen-bond donors (Lipinski definition) is 1. The largest absolute Gasteiger partial charge is 0.336 e. The number of halogens is 3. The topological polar surface area (TPSA) is 61.4 Å². The van der Waals surface area contributed by atoms with Crippen LogP contribution in [0.1, 0.15) is 17.4 Å². The molecule has 26 heavy (non-hydrogen) atoms. The SMILES string of the molecule is CCN1CCN(C(=O)c2ccc(Nc3ccc(F)c(F)c3F)nn2)CC1. The lowest BCUT2D eigenvalue weighted by Gasteiger charge is -2.33. The monoisotopic (exact) mass is 365 g/mol. The summed E-state index contributed by atoms with van der Waals surface area (Å²) in [6.07, 6.45) is 0. The first-order valence-electron chi connectivity index (χ1n) is 8.25. The lowest BCUT2D eigenvalue weighted by atomic mass is 10.2. The molecule has 1 aromatic carbocycles. The molecule has 0 radical (unpaired) electrons. The van der Waals surface area contributed by atoms with Crippen LogP contribution in [0, 0.1) is 17.5 Å².